The third-order valence-electron chi connectivity index (χ3n) is 4.02. The molecule has 0 aliphatic heterocycles. The number of rotatable bonds is 4. The minimum atomic E-state index is 0.0807. The monoisotopic (exact) mass is 299 g/mol. The summed E-state index contributed by atoms with van der Waals surface area (Å²) < 4.78 is 0. The average Bonchev–Trinajstić information content (AvgIpc) is 2.39. The molecular formula is C19H25NS. The Bertz CT molecular complexity index is 623. The zero-order valence-corrected chi connectivity index (χ0v) is 14.5. The van der Waals surface area contributed by atoms with Gasteiger partial charge in [0.05, 0.1) is 0 Å². The first-order chi connectivity index (χ1) is 9.88. The van der Waals surface area contributed by atoms with Crippen molar-refractivity contribution in [1.29, 1.82) is 0 Å². The summed E-state index contributed by atoms with van der Waals surface area (Å²) in [5, 5.41) is 0. The lowest BCUT2D eigenvalue weighted by Crippen LogP contribution is -2.16. The lowest BCUT2D eigenvalue weighted by Gasteiger charge is -2.18. The maximum Gasteiger partial charge on any atom is 0.0395 e. The van der Waals surface area contributed by atoms with Crippen LogP contribution >= 0.6 is 11.8 Å². The van der Waals surface area contributed by atoms with Crippen molar-refractivity contribution in [2.24, 2.45) is 5.73 Å². The molecule has 21 heavy (non-hydrogen) atoms. The van der Waals surface area contributed by atoms with Crippen LogP contribution in [0.3, 0.4) is 0 Å². The van der Waals surface area contributed by atoms with Crippen molar-refractivity contribution < 1.29 is 0 Å². The molecule has 2 N–H and O–H groups in total. The molecule has 1 nitrogen and oxygen atoms in total. The van der Waals surface area contributed by atoms with Crippen molar-refractivity contribution in [3.8, 4) is 0 Å². The van der Waals surface area contributed by atoms with Crippen LogP contribution in [0.25, 0.3) is 0 Å². The molecule has 0 saturated carbocycles. The molecule has 112 valence electrons. The maximum absolute atomic E-state index is 6.44. The molecule has 1 unspecified atom stereocenters. The summed E-state index contributed by atoms with van der Waals surface area (Å²) in [7, 11) is 0. The standard InChI is InChI=1S/C19H25NS/c1-12-8-15(4)19(16(5)9-12)18(20)11-21-17-7-6-13(2)14(3)10-17/h6-10,18H,11,20H2,1-5H3. The molecule has 0 heterocycles. The molecule has 2 aromatic carbocycles. The Hall–Kier alpha value is -1.25. The molecule has 0 aliphatic carbocycles. The van der Waals surface area contributed by atoms with Crippen LogP contribution in [0.1, 0.15) is 39.4 Å². The highest BCUT2D eigenvalue weighted by Crippen LogP contribution is 2.28. The maximum atomic E-state index is 6.44. The van der Waals surface area contributed by atoms with Gasteiger partial charge in [0.2, 0.25) is 0 Å². The van der Waals surface area contributed by atoms with Crippen LogP contribution < -0.4 is 5.73 Å². The van der Waals surface area contributed by atoms with Crippen LogP contribution in [0, 0.1) is 34.6 Å². The summed E-state index contributed by atoms with van der Waals surface area (Å²) in [6, 6.07) is 11.2. The van der Waals surface area contributed by atoms with Gasteiger partial charge in [-0.2, -0.15) is 0 Å². The van der Waals surface area contributed by atoms with E-state index in [1.54, 1.807) is 0 Å². The number of aryl methyl sites for hydroxylation is 5. The number of nitrogens with two attached hydrogens (primary N) is 1. The van der Waals surface area contributed by atoms with Crippen LogP contribution in [-0.2, 0) is 0 Å². The van der Waals surface area contributed by atoms with E-state index >= 15 is 0 Å². The summed E-state index contributed by atoms with van der Waals surface area (Å²) in [6.45, 7) is 10.8. The summed E-state index contributed by atoms with van der Waals surface area (Å²) >= 11 is 1.84. The first kappa shape index (κ1) is 16.1. The second-order valence-corrected chi connectivity index (χ2v) is 7.07. The fraction of sp³-hybridized carbons (Fsp3) is 0.368. The highest BCUT2D eigenvalue weighted by molar-refractivity contribution is 7.99. The molecule has 0 amide bonds. The SMILES string of the molecule is Cc1cc(C)c(C(N)CSc2ccc(C)c(C)c2)c(C)c1. The third kappa shape index (κ3) is 3.90. The fourth-order valence-corrected chi connectivity index (χ4v) is 3.81. The van der Waals surface area contributed by atoms with Crippen molar-refractivity contribution in [3.05, 3.63) is 63.7 Å². The van der Waals surface area contributed by atoms with Gasteiger partial charge in [0.1, 0.15) is 0 Å². The quantitative estimate of drug-likeness (QED) is 0.802. The van der Waals surface area contributed by atoms with E-state index < -0.39 is 0 Å². The Morgan fingerprint density at radius 2 is 1.48 bits per heavy atom. The largest absolute Gasteiger partial charge is 0.323 e. The van der Waals surface area contributed by atoms with Gasteiger partial charge in [0, 0.05) is 16.7 Å². The van der Waals surface area contributed by atoms with Gasteiger partial charge >= 0.3 is 0 Å². The van der Waals surface area contributed by atoms with Gasteiger partial charge in [-0.05, 0) is 74.6 Å². The van der Waals surface area contributed by atoms with E-state index in [4.69, 9.17) is 5.73 Å². The second-order valence-electron chi connectivity index (χ2n) is 5.98. The Morgan fingerprint density at radius 3 is 2.05 bits per heavy atom. The van der Waals surface area contributed by atoms with E-state index in [0.29, 0.717) is 0 Å². The molecule has 0 spiro atoms. The number of hydrogen-bond acceptors (Lipinski definition) is 2. The van der Waals surface area contributed by atoms with E-state index in [1.807, 2.05) is 11.8 Å². The van der Waals surface area contributed by atoms with E-state index in [-0.39, 0.29) is 6.04 Å². The Morgan fingerprint density at radius 1 is 0.857 bits per heavy atom. The number of hydrogen-bond donors (Lipinski definition) is 1. The molecule has 2 aromatic rings. The predicted molar refractivity (Wildman–Crippen MR) is 94.2 cm³/mol. The van der Waals surface area contributed by atoms with Crippen LogP contribution in [0.2, 0.25) is 0 Å². The Balaban J connectivity index is 2.11. The molecular weight excluding hydrogens is 274 g/mol. The zero-order valence-electron chi connectivity index (χ0n) is 13.7. The molecule has 1 atom stereocenters. The smallest absolute Gasteiger partial charge is 0.0395 e. The molecule has 0 aromatic heterocycles. The lowest BCUT2D eigenvalue weighted by atomic mass is 9.95. The topological polar surface area (TPSA) is 26.0 Å². The zero-order chi connectivity index (χ0) is 15.6. The average molecular weight is 299 g/mol. The normalized spacial score (nSPS) is 12.5. The van der Waals surface area contributed by atoms with Gasteiger partial charge in [-0.25, -0.2) is 0 Å². The van der Waals surface area contributed by atoms with Crippen molar-refractivity contribution in [2.75, 3.05) is 5.75 Å². The minimum Gasteiger partial charge on any atom is -0.323 e. The second kappa shape index (κ2) is 6.67. The number of thioether (sulfide) groups is 1. The van der Waals surface area contributed by atoms with Crippen molar-refractivity contribution in [3.63, 3.8) is 0 Å². The van der Waals surface area contributed by atoms with Gasteiger partial charge in [0.15, 0.2) is 0 Å². The molecule has 0 aliphatic rings. The Labute approximate surface area is 133 Å². The van der Waals surface area contributed by atoms with Crippen molar-refractivity contribution >= 4 is 11.8 Å². The lowest BCUT2D eigenvalue weighted by molar-refractivity contribution is 0.813. The van der Waals surface area contributed by atoms with Gasteiger partial charge in [-0.3, -0.25) is 0 Å². The molecule has 0 fully saturated rings. The van der Waals surface area contributed by atoms with Crippen LogP contribution in [-0.4, -0.2) is 5.75 Å². The van der Waals surface area contributed by atoms with Crippen molar-refractivity contribution in [1.82, 2.24) is 0 Å². The summed E-state index contributed by atoms with van der Waals surface area (Å²) in [4.78, 5) is 1.30. The first-order valence-corrected chi connectivity index (χ1v) is 8.40. The van der Waals surface area contributed by atoms with E-state index in [2.05, 4.69) is 65.0 Å². The molecule has 0 saturated heterocycles. The fourth-order valence-electron chi connectivity index (χ4n) is 2.85. The highest BCUT2D eigenvalue weighted by Gasteiger charge is 2.13. The number of benzene rings is 2. The van der Waals surface area contributed by atoms with E-state index in [0.717, 1.165) is 5.75 Å². The van der Waals surface area contributed by atoms with Crippen molar-refractivity contribution in [2.45, 2.75) is 45.6 Å². The first-order valence-electron chi connectivity index (χ1n) is 7.42. The third-order valence-corrected chi connectivity index (χ3v) is 5.13. The van der Waals surface area contributed by atoms with E-state index in [9.17, 15) is 0 Å². The highest BCUT2D eigenvalue weighted by atomic mass is 32.2. The summed E-state index contributed by atoms with van der Waals surface area (Å²) in [6.07, 6.45) is 0. The van der Waals surface area contributed by atoms with Gasteiger partial charge < -0.3 is 5.73 Å². The summed E-state index contributed by atoms with van der Waals surface area (Å²) in [5.41, 5.74) is 14.4. The minimum absolute atomic E-state index is 0.0807. The van der Waals surface area contributed by atoms with Gasteiger partial charge in [-0.15, -0.1) is 11.8 Å². The predicted octanol–water partition coefficient (Wildman–Crippen LogP) is 5.02. The van der Waals surface area contributed by atoms with Crippen LogP contribution in [0.5, 0.6) is 0 Å². The van der Waals surface area contributed by atoms with Crippen LogP contribution in [0.15, 0.2) is 35.2 Å². The molecule has 2 heteroatoms. The molecule has 0 radical (unpaired) electrons. The van der Waals surface area contributed by atoms with Gasteiger partial charge in [-0.1, -0.05) is 23.8 Å². The Kier molecular flexibility index (Phi) is 5.13. The molecule has 0 bridgehead atoms. The van der Waals surface area contributed by atoms with Crippen LogP contribution in [0.4, 0.5) is 0 Å². The molecule has 2 rings (SSSR count). The summed E-state index contributed by atoms with van der Waals surface area (Å²) in [5.74, 6) is 0.910. The van der Waals surface area contributed by atoms with E-state index in [1.165, 1.54) is 38.3 Å². The van der Waals surface area contributed by atoms with Gasteiger partial charge in [0.25, 0.3) is 0 Å².